The lowest BCUT2D eigenvalue weighted by Crippen LogP contribution is -2.46. The summed E-state index contributed by atoms with van der Waals surface area (Å²) in [6, 6.07) is 0.603. The molecular weight excluding hydrogens is 249 g/mol. The second-order valence-electron chi connectivity index (χ2n) is 4.63. The third-order valence-electron chi connectivity index (χ3n) is 2.59. The summed E-state index contributed by atoms with van der Waals surface area (Å²) in [5, 5.41) is 5.02. The number of carbonyl (C=O) groups is 2. The monoisotopic (exact) mass is 267 g/mol. The van der Waals surface area contributed by atoms with E-state index in [4.69, 9.17) is 0 Å². The summed E-state index contributed by atoms with van der Waals surface area (Å²) < 4.78 is 13.4. The van der Waals surface area contributed by atoms with E-state index in [1.165, 1.54) is 19.3 Å². The summed E-state index contributed by atoms with van der Waals surface area (Å²) in [5.41, 5.74) is -0.118. The van der Waals surface area contributed by atoms with Gasteiger partial charge in [-0.2, -0.15) is 0 Å². The van der Waals surface area contributed by atoms with Crippen molar-refractivity contribution in [2.45, 2.75) is 26.3 Å². The van der Waals surface area contributed by atoms with Gasteiger partial charge in [0.15, 0.2) is 5.82 Å². The first-order valence-electron chi connectivity index (χ1n) is 6.07. The van der Waals surface area contributed by atoms with Gasteiger partial charge in [-0.3, -0.25) is 14.6 Å². The number of amides is 2. The molecule has 1 unspecified atom stereocenters. The molecule has 1 aromatic rings. The van der Waals surface area contributed by atoms with Crippen LogP contribution >= 0.6 is 0 Å². The van der Waals surface area contributed by atoms with E-state index < -0.39 is 17.8 Å². The highest BCUT2D eigenvalue weighted by molar-refractivity contribution is 5.97. The third kappa shape index (κ3) is 4.31. The molecular formula is C13H18FN3O2. The number of aromatic nitrogens is 1. The largest absolute Gasteiger partial charge is 0.357 e. The summed E-state index contributed by atoms with van der Waals surface area (Å²) in [7, 11) is 1.49. The molecule has 0 aromatic carbocycles. The fourth-order valence-electron chi connectivity index (χ4n) is 1.67. The molecule has 0 aliphatic rings. The van der Waals surface area contributed by atoms with Gasteiger partial charge in [-0.1, -0.05) is 13.8 Å². The van der Waals surface area contributed by atoms with Crippen molar-refractivity contribution in [1.29, 1.82) is 0 Å². The molecule has 0 radical (unpaired) electrons. The van der Waals surface area contributed by atoms with Gasteiger partial charge in [-0.05, 0) is 18.4 Å². The van der Waals surface area contributed by atoms with E-state index in [0.717, 1.165) is 6.20 Å². The van der Waals surface area contributed by atoms with Crippen LogP contribution in [0.15, 0.2) is 18.5 Å². The highest BCUT2D eigenvalue weighted by Gasteiger charge is 2.22. The van der Waals surface area contributed by atoms with Crippen LogP contribution in [0.5, 0.6) is 0 Å². The fraction of sp³-hybridized carbons (Fsp3) is 0.462. The van der Waals surface area contributed by atoms with Gasteiger partial charge in [0, 0.05) is 13.2 Å². The van der Waals surface area contributed by atoms with Crippen LogP contribution in [0, 0.1) is 11.7 Å². The van der Waals surface area contributed by atoms with Crippen LogP contribution in [0.2, 0.25) is 0 Å². The molecule has 1 aromatic heterocycles. The Bertz CT molecular complexity index is 463. The Balaban J connectivity index is 2.82. The summed E-state index contributed by atoms with van der Waals surface area (Å²) >= 11 is 0. The maximum Gasteiger partial charge on any atom is 0.255 e. The average Bonchev–Trinajstić information content (AvgIpc) is 2.36. The minimum Gasteiger partial charge on any atom is -0.357 e. The number of halogens is 1. The van der Waals surface area contributed by atoms with Gasteiger partial charge in [0.1, 0.15) is 6.04 Å². The molecule has 2 N–H and O–H groups in total. The number of nitrogens with zero attached hydrogens (tertiary/aromatic N) is 1. The third-order valence-corrected chi connectivity index (χ3v) is 2.59. The topological polar surface area (TPSA) is 71.1 Å². The van der Waals surface area contributed by atoms with Gasteiger partial charge in [0.25, 0.3) is 5.91 Å². The molecule has 5 nitrogen and oxygen atoms in total. The quantitative estimate of drug-likeness (QED) is 0.839. The van der Waals surface area contributed by atoms with Crippen molar-refractivity contribution < 1.29 is 14.0 Å². The molecule has 1 atom stereocenters. The zero-order chi connectivity index (χ0) is 14.4. The summed E-state index contributed by atoms with van der Waals surface area (Å²) in [4.78, 5) is 27.2. The van der Waals surface area contributed by atoms with Gasteiger partial charge in [-0.25, -0.2) is 4.39 Å². The number of carbonyl (C=O) groups excluding carboxylic acids is 2. The van der Waals surface area contributed by atoms with Crippen LogP contribution in [0.4, 0.5) is 4.39 Å². The maximum atomic E-state index is 13.4. The number of rotatable bonds is 5. The van der Waals surface area contributed by atoms with Crippen molar-refractivity contribution in [3.05, 3.63) is 29.8 Å². The molecule has 0 bridgehead atoms. The lowest BCUT2D eigenvalue weighted by Gasteiger charge is -2.19. The van der Waals surface area contributed by atoms with E-state index in [2.05, 4.69) is 15.6 Å². The summed E-state index contributed by atoms with van der Waals surface area (Å²) in [5.74, 6) is -1.39. The SMILES string of the molecule is CNC(=O)C(CC(C)C)NC(=O)c1ccncc1F. The van der Waals surface area contributed by atoms with Crippen molar-refractivity contribution in [3.8, 4) is 0 Å². The van der Waals surface area contributed by atoms with Crippen molar-refractivity contribution in [1.82, 2.24) is 15.6 Å². The zero-order valence-electron chi connectivity index (χ0n) is 11.2. The average molecular weight is 267 g/mol. The van der Waals surface area contributed by atoms with Crippen LogP contribution in [-0.4, -0.2) is 29.9 Å². The van der Waals surface area contributed by atoms with E-state index in [0.29, 0.717) is 6.42 Å². The van der Waals surface area contributed by atoms with Crippen molar-refractivity contribution in [2.75, 3.05) is 7.05 Å². The summed E-state index contributed by atoms with van der Waals surface area (Å²) in [6.45, 7) is 3.88. The molecule has 2 amide bonds. The normalized spacial score (nSPS) is 12.1. The Hall–Kier alpha value is -1.98. The second-order valence-corrected chi connectivity index (χ2v) is 4.63. The number of pyridine rings is 1. The Labute approximate surface area is 111 Å². The first-order valence-corrected chi connectivity index (χ1v) is 6.07. The van der Waals surface area contributed by atoms with Crippen LogP contribution in [-0.2, 0) is 4.79 Å². The number of hydrogen-bond acceptors (Lipinski definition) is 3. The standard InChI is InChI=1S/C13H18FN3O2/c1-8(2)6-11(13(19)15-3)17-12(18)9-4-5-16-7-10(9)14/h4-5,7-8,11H,6H2,1-3H3,(H,15,19)(H,17,18). The van der Waals surface area contributed by atoms with Gasteiger partial charge in [0.05, 0.1) is 11.8 Å². The lowest BCUT2D eigenvalue weighted by atomic mass is 10.0. The smallest absolute Gasteiger partial charge is 0.255 e. The van der Waals surface area contributed by atoms with Crippen LogP contribution in [0.25, 0.3) is 0 Å². The van der Waals surface area contributed by atoms with Gasteiger partial charge in [-0.15, -0.1) is 0 Å². The van der Waals surface area contributed by atoms with E-state index in [-0.39, 0.29) is 17.4 Å². The predicted octanol–water partition coefficient (Wildman–Crippen LogP) is 1.11. The number of nitrogens with one attached hydrogen (secondary N) is 2. The minimum absolute atomic E-state index is 0.118. The highest BCUT2D eigenvalue weighted by Crippen LogP contribution is 2.08. The lowest BCUT2D eigenvalue weighted by molar-refractivity contribution is -0.122. The molecule has 1 rings (SSSR count). The van der Waals surface area contributed by atoms with Crippen molar-refractivity contribution in [3.63, 3.8) is 0 Å². The first-order chi connectivity index (χ1) is 8.95. The molecule has 104 valence electrons. The molecule has 19 heavy (non-hydrogen) atoms. The maximum absolute atomic E-state index is 13.4. The molecule has 0 saturated carbocycles. The summed E-state index contributed by atoms with van der Waals surface area (Å²) in [6.07, 6.45) is 2.78. The Morgan fingerprint density at radius 2 is 2.11 bits per heavy atom. The van der Waals surface area contributed by atoms with Crippen molar-refractivity contribution in [2.24, 2.45) is 5.92 Å². The van der Waals surface area contributed by atoms with Crippen LogP contribution in [0.1, 0.15) is 30.6 Å². The minimum atomic E-state index is -0.708. The van der Waals surface area contributed by atoms with E-state index in [9.17, 15) is 14.0 Å². The fourth-order valence-corrected chi connectivity index (χ4v) is 1.67. The molecule has 1 heterocycles. The molecule has 0 aliphatic heterocycles. The number of likely N-dealkylation sites (N-methyl/N-ethyl adjacent to an activating group) is 1. The van der Waals surface area contributed by atoms with E-state index in [1.54, 1.807) is 0 Å². The zero-order valence-corrected chi connectivity index (χ0v) is 11.2. The Morgan fingerprint density at radius 3 is 2.63 bits per heavy atom. The van der Waals surface area contributed by atoms with E-state index in [1.807, 2.05) is 13.8 Å². The highest BCUT2D eigenvalue weighted by atomic mass is 19.1. The molecule has 0 saturated heterocycles. The van der Waals surface area contributed by atoms with Crippen LogP contribution in [0.3, 0.4) is 0 Å². The Morgan fingerprint density at radius 1 is 1.42 bits per heavy atom. The molecule has 0 fully saturated rings. The molecule has 0 spiro atoms. The van der Waals surface area contributed by atoms with Gasteiger partial charge in [0.2, 0.25) is 5.91 Å². The van der Waals surface area contributed by atoms with E-state index >= 15 is 0 Å². The molecule has 6 heteroatoms. The van der Waals surface area contributed by atoms with Crippen molar-refractivity contribution >= 4 is 11.8 Å². The predicted molar refractivity (Wildman–Crippen MR) is 69.0 cm³/mol. The van der Waals surface area contributed by atoms with Gasteiger partial charge < -0.3 is 10.6 Å². The number of hydrogen-bond donors (Lipinski definition) is 2. The molecule has 0 aliphatic carbocycles. The first kappa shape index (κ1) is 15.1. The second kappa shape index (κ2) is 6.82. The van der Waals surface area contributed by atoms with Crippen LogP contribution < -0.4 is 10.6 Å². The Kier molecular flexibility index (Phi) is 5.41. The van der Waals surface area contributed by atoms with Gasteiger partial charge >= 0.3 is 0 Å².